The van der Waals surface area contributed by atoms with Crippen LogP contribution in [-0.4, -0.2) is 29.0 Å². The van der Waals surface area contributed by atoms with Crippen molar-refractivity contribution >= 4 is 17.2 Å². The van der Waals surface area contributed by atoms with Crippen LogP contribution in [0.15, 0.2) is 72.1 Å². The molecule has 4 heteroatoms. The zero-order valence-electron chi connectivity index (χ0n) is 17.5. The van der Waals surface area contributed by atoms with Crippen LogP contribution in [-0.2, 0) is 5.60 Å². The molecule has 1 aromatic heterocycles. The van der Waals surface area contributed by atoms with Crippen molar-refractivity contribution in [3.63, 3.8) is 0 Å². The van der Waals surface area contributed by atoms with Gasteiger partial charge < -0.3 is 10.0 Å². The summed E-state index contributed by atoms with van der Waals surface area (Å²) >= 11 is 1.57. The topological polar surface area (TPSA) is 40.5 Å². The Hall–Kier alpha value is -2.87. The number of rotatable bonds is 2. The lowest BCUT2D eigenvalue weighted by atomic mass is 9.89. The highest BCUT2D eigenvalue weighted by molar-refractivity contribution is 7.10. The van der Waals surface area contributed by atoms with E-state index in [2.05, 4.69) is 11.8 Å². The van der Waals surface area contributed by atoms with Gasteiger partial charge in [-0.15, -0.1) is 11.3 Å². The molecule has 3 nitrogen and oxygen atoms in total. The van der Waals surface area contributed by atoms with Crippen LogP contribution < -0.4 is 0 Å². The first kappa shape index (κ1) is 21.8. The van der Waals surface area contributed by atoms with E-state index in [1.807, 2.05) is 90.9 Å². The molecule has 2 aromatic carbocycles. The minimum atomic E-state index is -0.804. The summed E-state index contributed by atoms with van der Waals surface area (Å²) in [5, 5.41) is 12.8. The Labute approximate surface area is 183 Å². The molecule has 1 aliphatic heterocycles. The summed E-state index contributed by atoms with van der Waals surface area (Å²) in [5.41, 5.74) is 1.70. The average molecular weight is 418 g/mol. The predicted molar refractivity (Wildman–Crippen MR) is 124 cm³/mol. The van der Waals surface area contributed by atoms with Crippen LogP contribution in [0, 0.1) is 11.8 Å². The number of hydrogen-bond acceptors (Lipinski definition) is 3. The van der Waals surface area contributed by atoms with Crippen molar-refractivity contribution in [2.24, 2.45) is 0 Å². The van der Waals surface area contributed by atoms with Crippen LogP contribution >= 0.6 is 11.3 Å². The zero-order valence-corrected chi connectivity index (χ0v) is 18.3. The standard InChI is InChI=1S/C24H21NO2S.C2H6/c26-23(25-16-14-24(27,15-17-25)22-7-4-18-28-22)21-12-10-20(11-13-21)9-8-19-5-2-1-3-6-19;1-2/h1-7,10-13,18,27H,14-17H2;1-2H3. The largest absolute Gasteiger partial charge is 0.384 e. The maximum atomic E-state index is 12.8. The predicted octanol–water partition coefficient (Wildman–Crippen LogP) is 5.30. The second-order valence-electron chi connectivity index (χ2n) is 6.99. The molecule has 1 amide bonds. The van der Waals surface area contributed by atoms with Crippen molar-refractivity contribution in [2.75, 3.05) is 13.1 Å². The molecule has 0 aliphatic carbocycles. The molecule has 0 atom stereocenters. The Morgan fingerprint density at radius 3 is 2.07 bits per heavy atom. The third-order valence-electron chi connectivity index (χ3n) is 5.11. The fraction of sp³-hybridized carbons (Fsp3) is 0.269. The highest BCUT2D eigenvalue weighted by Gasteiger charge is 2.36. The Bertz CT molecular complexity index is 991. The highest BCUT2D eigenvalue weighted by Crippen LogP contribution is 2.35. The van der Waals surface area contributed by atoms with Crippen LogP contribution in [0.2, 0.25) is 0 Å². The molecule has 2 heterocycles. The molecule has 4 rings (SSSR count). The SMILES string of the molecule is CC.O=C(c1ccc(C#Cc2ccccc2)cc1)N1CCC(O)(c2cccs2)CC1. The number of piperidine rings is 1. The third kappa shape index (κ3) is 5.18. The summed E-state index contributed by atoms with van der Waals surface area (Å²) in [6.07, 6.45) is 1.14. The van der Waals surface area contributed by atoms with E-state index in [1.165, 1.54) is 0 Å². The average Bonchev–Trinajstić information content (AvgIpc) is 3.36. The van der Waals surface area contributed by atoms with E-state index in [9.17, 15) is 9.90 Å². The monoisotopic (exact) mass is 417 g/mol. The molecule has 0 spiro atoms. The van der Waals surface area contributed by atoms with Gasteiger partial charge >= 0.3 is 0 Å². The minimum Gasteiger partial charge on any atom is -0.384 e. The Kier molecular flexibility index (Phi) is 7.46. The molecule has 1 fully saturated rings. The van der Waals surface area contributed by atoms with Gasteiger partial charge in [0.15, 0.2) is 0 Å². The maximum Gasteiger partial charge on any atom is 0.253 e. The summed E-state index contributed by atoms with van der Waals surface area (Å²) in [4.78, 5) is 15.6. The van der Waals surface area contributed by atoms with E-state index in [0.29, 0.717) is 31.5 Å². The van der Waals surface area contributed by atoms with E-state index in [0.717, 1.165) is 16.0 Å². The molecular formula is C26H27NO2S. The van der Waals surface area contributed by atoms with Crippen molar-refractivity contribution < 1.29 is 9.90 Å². The van der Waals surface area contributed by atoms with Gasteiger partial charge in [0.25, 0.3) is 5.91 Å². The summed E-state index contributed by atoms with van der Waals surface area (Å²) in [6, 6.07) is 21.2. The molecule has 0 bridgehead atoms. The van der Waals surface area contributed by atoms with E-state index >= 15 is 0 Å². The van der Waals surface area contributed by atoms with Crippen molar-refractivity contribution in [3.8, 4) is 11.8 Å². The van der Waals surface area contributed by atoms with Crippen LogP contribution in [0.5, 0.6) is 0 Å². The lowest BCUT2D eigenvalue weighted by Crippen LogP contribution is -2.44. The number of hydrogen-bond donors (Lipinski definition) is 1. The van der Waals surface area contributed by atoms with E-state index in [4.69, 9.17) is 0 Å². The van der Waals surface area contributed by atoms with Gasteiger partial charge in [-0.1, -0.05) is 50.0 Å². The fourth-order valence-electron chi connectivity index (χ4n) is 3.41. The Morgan fingerprint density at radius 2 is 1.50 bits per heavy atom. The number of thiophene rings is 1. The molecule has 154 valence electrons. The van der Waals surface area contributed by atoms with Crippen molar-refractivity contribution in [1.29, 1.82) is 0 Å². The normalized spacial score (nSPS) is 14.7. The van der Waals surface area contributed by atoms with Gasteiger partial charge in [0, 0.05) is 34.7 Å². The van der Waals surface area contributed by atoms with E-state index < -0.39 is 5.60 Å². The first-order valence-electron chi connectivity index (χ1n) is 10.4. The first-order valence-corrected chi connectivity index (χ1v) is 11.2. The van der Waals surface area contributed by atoms with Crippen LogP contribution in [0.3, 0.4) is 0 Å². The lowest BCUT2D eigenvalue weighted by molar-refractivity contribution is -0.0183. The molecule has 1 saturated heterocycles. The van der Waals surface area contributed by atoms with Gasteiger partial charge in [0.05, 0.1) is 0 Å². The number of carbonyl (C=O) groups excluding carboxylic acids is 1. The molecular weight excluding hydrogens is 390 g/mol. The van der Waals surface area contributed by atoms with Gasteiger partial charge in [-0.2, -0.15) is 0 Å². The fourth-order valence-corrected chi connectivity index (χ4v) is 4.30. The summed E-state index contributed by atoms with van der Waals surface area (Å²) in [6.45, 7) is 5.12. The van der Waals surface area contributed by atoms with Crippen LogP contribution in [0.4, 0.5) is 0 Å². The lowest BCUT2D eigenvalue weighted by Gasteiger charge is -2.37. The van der Waals surface area contributed by atoms with E-state index in [-0.39, 0.29) is 5.91 Å². The summed E-state index contributed by atoms with van der Waals surface area (Å²) in [5.74, 6) is 6.26. The van der Waals surface area contributed by atoms with Crippen LogP contribution in [0.1, 0.15) is 53.1 Å². The number of nitrogens with zero attached hydrogens (tertiary/aromatic N) is 1. The molecule has 1 N–H and O–H groups in total. The second-order valence-corrected chi connectivity index (χ2v) is 7.94. The van der Waals surface area contributed by atoms with Crippen molar-refractivity contribution in [2.45, 2.75) is 32.3 Å². The van der Waals surface area contributed by atoms with Crippen molar-refractivity contribution in [1.82, 2.24) is 4.90 Å². The molecule has 0 unspecified atom stereocenters. The molecule has 0 radical (unpaired) electrons. The molecule has 0 saturated carbocycles. The van der Waals surface area contributed by atoms with Gasteiger partial charge in [-0.25, -0.2) is 0 Å². The quantitative estimate of drug-likeness (QED) is 0.575. The first-order chi connectivity index (χ1) is 14.6. The summed E-state index contributed by atoms with van der Waals surface area (Å²) < 4.78 is 0. The summed E-state index contributed by atoms with van der Waals surface area (Å²) in [7, 11) is 0. The third-order valence-corrected chi connectivity index (χ3v) is 6.18. The van der Waals surface area contributed by atoms with Gasteiger partial charge in [-0.3, -0.25) is 4.79 Å². The Morgan fingerprint density at radius 1 is 0.900 bits per heavy atom. The maximum absolute atomic E-state index is 12.8. The van der Waals surface area contributed by atoms with Crippen LogP contribution in [0.25, 0.3) is 0 Å². The van der Waals surface area contributed by atoms with E-state index in [1.54, 1.807) is 11.3 Å². The van der Waals surface area contributed by atoms with Gasteiger partial charge in [0.2, 0.25) is 0 Å². The number of amides is 1. The minimum absolute atomic E-state index is 0.01000. The smallest absolute Gasteiger partial charge is 0.253 e. The highest BCUT2D eigenvalue weighted by atomic mass is 32.1. The second kappa shape index (κ2) is 10.2. The number of carbonyl (C=O) groups is 1. The molecule has 1 aliphatic rings. The molecule has 3 aromatic rings. The number of aliphatic hydroxyl groups is 1. The zero-order chi connectivity index (χ0) is 21.4. The molecule has 30 heavy (non-hydrogen) atoms. The van der Waals surface area contributed by atoms with Gasteiger partial charge in [0.1, 0.15) is 5.60 Å². The number of likely N-dealkylation sites (tertiary alicyclic amines) is 1. The van der Waals surface area contributed by atoms with Gasteiger partial charge in [-0.05, 0) is 60.7 Å². The Balaban J connectivity index is 0.00000124. The number of benzene rings is 2. The van der Waals surface area contributed by atoms with Crippen molar-refractivity contribution in [3.05, 3.63) is 93.7 Å².